The Balaban J connectivity index is 1.48. The summed E-state index contributed by atoms with van der Waals surface area (Å²) in [6.45, 7) is 6.93. The lowest BCUT2D eigenvalue weighted by Gasteiger charge is -2.31. The fraction of sp³-hybridized carbons (Fsp3) is 0.467. The first-order valence-corrected chi connectivity index (χ1v) is 15.7. The van der Waals surface area contributed by atoms with Gasteiger partial charge in [0.1, 0.15) is 0 Å². The van der Waals surface area contributed by atoms with E-state index in [0.717, 1.165) is 12.8 Å². The number of carbonyl (C=O) groups is 1. The molecule has 0 spiro atoms. The second-order valence-corrected chi connectivity index (χ2v) is 12.7. The SMILES string of the molecule is CCCN(CCC)S(=O)(=O)c1cccc(C(=O)NCC[C@H]2CC[C@@H](C)N2c2ccc3[nH]c(=O)cc(C(F)(F)F)c3c2)c1. The summed E-state index contributed by atoms with van der Waals surface area (Å²) in [5.41, 5.74) is -0.818. The molecule has 3 aromatic rings. The Morgan fingerprint density at radius 2 is 1.79 bits per heavy atom. The predicted molar refractivity (Wildman–Crippen MR) is 157 cm³/mol. The van der Waals surface area contributed by atoms with E-state index >= 15 is 0 Å². The van der Waals surface area contributed by atoms with Gasteiger partial charge in [0.15, 0.2) is 0 Å². The third-order valence-corrected chi connectivity index (χ3v) is 9.55. The van der Waals surface area contributed by atoms with Gasteiger partial charge in [-0.3, -0.25) is 9.59 Å². The molecule has 1 aliphatic heterocycles. The van der Waals surface area contributed by atoms with Crippen LogP contribution in [0.15, 0.2) is 58.2 Å². The smallest absolute Gasteiger partial charge is 0.366 e. The summed E-state index contributed by atoms with van der Waals surface area (Å²) in [5.74, 6) is -0.397. The molecule has 0 aliphatic carbocycles. The van der Waals surface area contributed by atoms with E-state index in [4.69, 9.17) is 0 Å². The molecule has 1 aromatic heterocycles. The fourth-order valence-electron chi connectivity index (χ4n) is 5.71. The molecule has 2 N–H and O–H groups in total. The minimum Gasteiger partial charge on any atom is -0.366 e. The third kappa shape index (κ3) is 6.81. The van der Waals surface area contributed by atoms with Crippen molar-refractivity contribution in [2.24, 2.45) is 0 Å². The molecular formula is C30H37F3N4O4S. The Hall–Kier alpha value is -3.38. The van der Waals surface area contributed by atoms with Crippen molar-refractivity contribution in [3.05, 3.63) is 70.0 Å². The quantitative estimate of drug-likeness (QED) is 0.299. The number of hydrogen-bond donors (Lipinski definition) is 2. The van der Waals surface area contributed by atoms with Crippen molar-refractivity contribution in [2.45, 2.75) is 76.0 Å². The van der Waals surface area contributed by atoms with Gasteiger partial charge < -0.3 is 15.2 Å². The number of fused-ring (bicyclic) bond motifs is 1. The highest BCUT2D eigenvalue weighted by Gasteiger charge is 2.35. The standard InChI is InChI=1S/C30H37F3N4O4S/c1-4-15-36(16-5-2)42(40,41)24-8-6-7-21(17-24)29(39)34-14-13-22-10-9-20(3)37(22)23-11-12-27-25(18-23)26(30(31,32)33)19-28(38)35-27/h6-8,11-12,17-20,22H,4-5,9-10,13-16H2,1-3H3,(H,34,39)(H,35,38)/t20-,22-/m1/s1. The Bertz CT molecular complexity index is 1580. The molecule has 2 atom stereocenters. The zero-order valence-electron chi connectivity index (χ0n) is 24.0. The number of anilines is 1. The maximum atomic E-state index is 13.7. The molecule has 12 heteroatoms. The van der Waals surface area contributed by atoms with Crippen molar-refractivity contribution < 1.29 is 26.4 Å². The number of nitrogens with zero attached hydrogens (tertiary/aromatic N) is 2. The number of hydrogen-bond acceptors (Lipinski definition) is 5. The number of rotatable bonds is 11. The minimum atomic E-state index is -4.67. The van der Waals surface area contributed by atoms with Crippen LogP contribution in [0.1, 0.15) is 68.8 Å². The van der Waals surface area contributed by atoms with E-state index in [-0.39, 0.29) is 33.4 Å². The number of halogens is 3. The van der Waals surface area contributed by atoms with Crippen molar-refractivity contribution in [3.8, 4) is 0 Å². The van der Waals surface area contributed by atoms with E-state index in [9.17, 15) is 31.2 Å². The lowest BCUT2D eigenvalue weighted by atomic mass is 10.1. The molecule has 2 aromatic carbocycles. The van der Waals surface area contributed by atoms with Crippen LogP contribution in [0, 0.1) is 0 Å². The molecule has 228 valence electrons. The summed E-state index contributed by atoms with van der Waals surface area (Å²) in [6.07, 6.45) is -1.14. The van der Waals surface area contributed by atoms with E-state index in [2.05, 4.69) is 15.2 Å². The van der Waals surface area contributed by atoms with Crippen LogP contribution in [0.2, 0.25) is 0 Å². The number of nitrogens with one attached hydrogen (secondary N) is 2. The molecule has 0 saturated carbocycles. The monoisotopic (exact) mass is 606 g/mol. The molecule has 4 rings (SSSR count). The minimum absolute atomic E-state index is 0.0294. The Morgan fingerprint density at radius 3 is 2.45 bits per heavy atom. The summed E-state index contributed by atoms with van der Waals surface area (Å²) in [5, 5.41) is 2.80. The number of carbonyl (C=O) groups excluding carboxylic acids is 1. The van der Waals surface area contributed by atoms with Crippen LogP contribution in [0.5, 0.6) is 0 Å². The van der Waals surface area contributed by atoms with Crippen molar-refractivity contribution in [2.75, 3.05) is 24.5 Å². The van der Waals surface area contributed by atoms with Crippen molar-refractivity contribution in [3.63, 3.8) is 0 Å². The van der Waals surface area contributed by atoms with Crippen LogP contribution in [0.25, 0.3) is 10.9 Å². The number of sulfonamides is 1. The van der Waals surface area contributed by atoms with Gasteiger partial charge in [0.05, 0.1) is 10.5 Å². The zero-order valence-corrected chi connectivity index (χ0v) is 24.8. The van der Waals surface area contributed by atoms with Crippen LogP contribution < -0.4 is 15.8 Å². The lowest BCUT2D eigenvalue weighted by molar-refractivity contribution is -0.136. The van der Waals surface area contributed by atoms with Crippen molar-refractivity contribution in [1.82, 2.24) is 14.6 Å². The van der Waals surface area contributed by atoms with Gasteiger partial charge in [-0.2, -0.15) is 17.5 Å². The van der Waals surface area contributed by atoms with E-state index in [1.54, 1.807) is 18.2 Å². The number of H-pyrrole nitrogens is 1. The highest BCUT2D eigenvalue weighted by molar-refractivity contribution is 7.89. The average molecular weight is 607 g/mol. The van der Waals surface area contributed by atoms with Gasteiger partial charge in [-0.05, 0) is 75.4 Å². The number of benzene rings is 2. The maximum Gasteiger partial charge on any atom is 0.417 e. The molecule has 8 nitrogen and oxygen atoms in total. The van der Waals surface area contributed by atoms with Crippen LogP contribution in [0.3, 0.4) is 0 Å². The number of pyridine rings is 1. The lowest BCUT2D eigenvalue weighted by Crippen LogP contribution is -2.37. The molecule has 42 heavy (non-hydrogen) atoms. The van der Waals surface area contributed by atoms with Crippen molar-refractivity contribution in [1.29, 1.82) is 0 Å². The Morgan fingerprint density at radius 1 is 1.07 bits per heavy atom. The normalized spacial score (nSPS) is 17.7. The van der Waals surface area contributed by atoms with Crippen LogP contribution >= 0.6 is 0 Å². The van der Waals surface area contributed by atoms with Crippen LogP contribution in [-0.2, 0) is 16.2 Å². The first-order valence-electron chi connectivity index (χ1n) is 14.3. The Labute approximate surface area is 244 Å². The predicted octanol–water partition coefficient (Wildman–Crippen LogP) is 5.54. The van der Waals surface area contributed by atoms with Crippen LogP contribution in [-0.4, -0.2) is 55.3 Å². The highest BCUT2D eigenvalue weighted by Crippen LogP contribution is 2.37. The third-order valence-electron chi connectivity index (χ3n) is 7.66. The Kier molecular flexibility index (Phi) is 9.67. The zero-order chi connectivity index (χ0) is 30.7. The van der Waals surface area contributed by atoms with E-state index in [1.165, 1.54) is 28.6 Å². The van der Waals surface area contributed by atoms with Crippen molar-refractivity contribution >= 4 is 32.5 Å². The molecule has 0 bridgehead atoms. The molecule has 1 fully saturated rings. The molecule has 0 radical (unpaired) electrons. The second kappa shape index (κ2) is 12.9. The topological polar surface area (TPSA) is 103 Å². The summed E-state index contributed by atoms with van der Waals surface area (Å²) < 4.78 is 68.8. The fourth-order valence-corrected chi connectivity index (χ4v) is 7.38. The van der Waals surface area contributed by atoms with Gasteiger partial charge in [0, 0.05) is 59.9 Å². The summed E-state index contributed by atoms with van der Waals surface area (Å²) in [4.78, 5) is 29.4. The molecule has 1 aliphatic rings. The van der Waals surface area contributed by atoms with Gasteiger partial charge in [-0.15, -0.1) is 0 Å². The van der Waals surface area contributed by atoms with Gasteiger partial charge >= 0.3 is 6.18 Å². The summed E-state index contributed by atoms with van der Waals surface area (Å²) in [6, 6.07) is 11.3. The number of aromatic amines is 1. The van der Waals surface area contributed by atoms with Gasteiger partial charge in [0.2, 0.25) is 15.6 Å². The highest BCUT2D eigenvalue weighted by atomic mass is 32.2. The molecule has 2 heterocycles. The van der Waals surface area contributed by atoms with E-state index in [0.29, 0.717) is 50.7 Å². The number of amides is 1. The maximum absolute atomic E-state index is 13.7. The molecule has 1 saturated heterocycles. The van der Waals surface area contributed by atoms with Gasteiger partial charge in [-0.25, -0.2) is 8.42 Å². The molecular weight excluding hydrogens is 569 g/mol. The molecule has 0 unspecified atom stereocenters. The largest absolute Gasteiger partial charge is 0.417 e. The first-order chi connectivity index (χ1) is 19.9. The van der Waals surface area contributed by atoms with E-state index in [1.807, 2.05) is 20.8 Å². The van der Waals surface area contributed by atoms with E-state index < -0.39 is 33.2 Å². The summed E-state index contributed by atoms with van der Waals surface area (Å²) >= 11 is 0. The number of alkyl halides is 3. The van der Waals surface area contributed by atoms with Crippen LogP contribution in [0.4, 0.5) is 18.9 Å². The number of aromatic nitrogens is 1. The molecule has 1 amide bonds. The summed E-state index contributed by atoms with van der Waals surface area (Å²) in [7, 11) is -3.73. The average Bonchev–Trinajstić information content (AvgIpc) is 3.31. The van der Waals surface area contributed by atoms with Gasteiger partial charge in [-0.1, -0.05) is 19.9 Å². The first kappa shape index (κ1) is 31.6. The second-order valence-electron chi connectivity index (χ2n) is 10.7. The van der Waals surface area contributed by atoms with Gasteiger partial charge in [0.25, 0.3) is 5.91 Å².